The fraction of sp³-hybridized carbons (Fsp3) is 0.294. The van der Waals surface area contributed by atoms with Gasteiger partial charge in [0, 0.05) is 11.0 Å². The fourth-order valence-corrected chi connectivity index (χ4v) is 3.08. The maximum atomic E-state index is 13.9. The molecule has 20 heavy (non-hydrogen) atoms. The molecule has 2 aromatic rings. The van der Waals surface area contributed by atoms with Gasteiger partial charge in [-0.3, -0.25) is 0 Å². The van der Waals surface area contributed by atoms with Gasteiger partial charge in [0.15, 0.2) is 11.6 Å². The molecule has 1 saturated carbocycles. The molecule has 1 unspecified atom stereocenters. The highest BCUT2D eigenvalue weighted by atomic mass is 19.2. The molecule has 1 nitrogen and oxygen atoms in total. The van der Waals surface area contributed by atoms with Gasteiger partial charge in [0.25, 0.3) is 0 Å². The third-order valence-electron chi connectivity index (χ3n) is 4.39. The third-order valence-corrected chi connectivity index (χ3v) is 4.39. The number of aliphatic hydroxyl groups excluding tert-OH is 1. The van der Waals surface area contributed by atoms with Crippen molar-refractivity contribution in [3.05, 3.63) is 71.3 Å². The predicted molar refractivity (Wildman–Crippen MR) is 73.3 cm³/mol. The minimum absolute atomic E-state index is 0.0496. The van der Waals surface area contributed by atoms with Crippen LogP contribution in [0.1, 0.15) is 36.5 Å². The number of rotatable bonds is 3. The minimum atomic E-state index is -1.02. The van der Waals surface area contributed by atoms with Crippen LogP contribution in [-0.4, -0.2) is 5.11 Å². The summed E-state index contributed by atoms with van der Waals surface area (Å²) in [7, 11) is 0. The molecular formula is C17H16F2O. The van der Waals surface area contributed by atoms with E-state index < -0.39 is 23.2 Å². The van der Waals surface area contributed by atoms with Gasteiger partial charge < -0.3 is 5.11 Å². The van der Waals surface area contributed by atoms with Gasteiger partial charge in [-0.25, -0.2) is 8.78 Å². The molecule has 3 heteroatoms. The van der Waals surface area contributed by atoms with E-state index in [4.69, 9.17) is 0 Å². The molecule has 0 aromatic heterocycles. The lowest BCUT2D eigenvalue weighted by Gasteiger charge is -2.46. The SMILES string of the molecule is OC(c1cccc(F)c1F)C1(c2ccccc2)CCC1. The molecule has 0 radical (unpaired) electrons. The summed E-state index contributed by atoms with van der Waals surface area (Å²) < 4.78 is 27.3. The summed E-state index contributed by atoms with van der Waals surface area (Å²) in [6.07, 6.45) is 1.54. The zero-order chi connectivity index (χ0) is 14.2. The molecule has 0 amide bonds. The summed E-state index contributed by atoms with van der Waals surface area (Å²) in [4.78, 5) is 0. The summed E-state index contributed by atoms with van der Waals surface area (Å²) in [6.45, 7) is 0. The van der Waals surface area contributed by atoms with E-state index in [0.29, 0.717) is 0 Å². The van der Waals surface area contributed by atoms with Gasteiger partial charge >= 0.3 is 0 Å². The van der Waals surface area contributed by atoms with E-state index in [1.807, 2.05) is 30.3 Å². The first-order chi connectivity index (χ1) is 9.65. The monoisotopic (exact) mass is 274 g/mol. The molecule has 1 aliphatic rings. The van der Waals surface area contributed by atoms with Crippen molar-refractivity contribution in [1.29, 1.82) is 0 Å². The molecule has 1 aliphatic carbocycles. The average molecular weight is 274 g/mol. The van der Waals surface area contributed by atoms with Crippen molar-refractivity contribution in [2.24, 2.45) is 0 Å². The van der Waals surface area contributed by atoms with Crippen molar-refractivity contribution in [1.82, 2.24) is 0 Å². The topological polar surface area (TPSA) is 20.2 Å². The van der Waals surface area contributed by atoms with Crippen LogP contribution in [0, 0.1) is 11.6 Å². The second kappa shape index (κ2) is 4.98. The van der Waals surface area contributed by atoms with Crippen LogP contribution in [0.3, 0.4) is 0 Å². The zero-order valence-electron chi connectivity index (χ0n) is 11.0. The van der Waals surface area contributed by atoms with Crippen LogP contribution in [-0.2, 0) is 5.41 Å². The fourth-order valence-electron chi connectivity index (χ4n) is 3.08. The first kappa shape index (κ1) is 13.3. The summed E-state index contributed by atoms with van der Waals surface area (Å²) in [5.74, 6) is -1.86. The predicted octanol–water partition coefficient (Wildman–Crippen LogP) is 4.12. The number of benzene rings is 2. The lowest BCUT2D eigenvalue weighted by atomic mass is 9.60. The van der Waals surface area contributed by atoms with Gasteiger partial charge in [-0.1, -0.05) is 48.9 Å². The Balaban J connectivity index is 2.04. The van der Waals surface area contributed by atoms with E-state index >= 15 is 0 Å². The molecule has 0 aliphatic heterocycles. The smallest absolute Gasteiger partial charge is 0.164 e. The Morgan fingerprint density at radius 1 is 0.950 bits per heavy atom. The average Bonchev–Trinajstić information content (AvgIpc) is 2.42. The Hall–Kier alpha value is -1.74. The Bertz CT molecular complexity index is 606. The minimum Gasteiger partial charge on any atom is -0.387 e. The lowest BCUT2D eigenvalue weighted by Crippen LogP contribution is -2.40. The molecule has 2 aromatic carbocycles. The highest BCUT2D eigenvalue weighted by Crippen LogP contribution is 2.52. The summed E-state index contributed by atoms with van der Waals surface area (Å²) >= 11 is 0. The van der Waals surface area contributed by atoms with Crippen LogP contribution >= 0.6 is 0 Å². The molecule has 104 valence electrons. The molecule has 0 spiro atoms. The third kappa shape index (κ3) is 1.93. The molecule has 0 saturated heterocycles. The summed E-state index contributed by atoms with van der Waals surface area (Å²) in [5, 5.41) is 10.6. The van der Waals surface area contributed by atoms with Gasteiger partial charge in [-0.15, -0.1) is 0 Å². The Morgan fingerprint density at radius 3 is 2.25 bits per heavy atom. The van der Waals surface area contributed by atoms with Crippen molar-refractivity contribution in [2.45, 2.75) is 30.8 Å². The van der Waals surface area contributed by atoms with Gasteiger partial charge in [0.1, 0.15) is 0 Å². The van der Waals surface area contributed by atoms with Crippen molar-refractivity contribution >= 4 is 0 Å². The molecule has 1 atom stereocenters. The quantitative estimate of drug-likeness (QED) is 0.892. The van der Waals surface area contributed by atoms with Crippen LogP contribution in [0.2, 0.25) is 0 Å². The number of halogens is 2. The number of hydrogen-bond acceptors (Lipinski definition) is 1. The van der Waals surface area contributed by atoms with Crippen LogP contribution in [0.5, 0.6) is 0 Å². The molecule has 0 bridgehead atoms. The number of aliphatic hydroxyl groups is 1. The number of hydrogen-bond donors (Lipinski definition) is 1. The van der Waals surface area contributed by atoms with Crippen molar-refractivity contribution in [2.75, 3.05) is 0 Å². The van der Waals surface area contributed by atoms with Gasteiger partial charge in [-0.05, 0) is 24.5 Å². The van der Waals surface area contributed by atoms with Crippen molar-refractivity contribution in [3.63, 3.8) is 0 Å². The van der Waals surface area contributed by atoms with E-state index in [0.717, 1.165) is 30.9 Å². The van der Waals surface area contributed by atoms with Crippen LogP contribution in [0.15, 0.2) is 48.5 Å². The Labute approximate surface area is 116 Å². The Morgan fingerprint density at radius 2 is 1.65 bits per heavy atom. The van der Waals surface area contributed by atoms with E-state index in [9.17, 15) is 13.9 Å². The van der Waals surface area contributed by atoms with E-state index in [1.165, 1.54) is 12.1 Å². The van der Waals surface area contributed by atoms with E-state index in [1.54, 1.807) is 0 Å². The normalized spacial score (nSPS) is 18.4. The van der Waals surface area contributed by atoms with E-state index in [2.05, 4.69) is 0 Å². The first-order valence-corrected chi connectivity index (χ1v) is 6.83. The maximum Gasteiger partial charge on any atom is 0.164 e. The molecule has 1 N–H and O–H groups in total. The van der Waals surface area contributed by atoms with Crippen LogP contribution in [0.25, 0.3) is 0 Å². The molecular weight excluding hydrogens is 258 g/mol. The second-order valence-electron chi connectivity index (χ2n) is 5.42. The second-order valence-corrected chi connectivity index (χ2v) is 5.42. The Kier molecular flexibility index (Phi) is 3.30. The summed E-state index contributed by atoms with van der Waals surface area (Å²) in [6, 6.07) is 13.6. The van der Waals surface area contributed by atoms with Crippen LogP contribution < -0.4 is 0 Å². The summed E-state index contributed by atoms with van der Waals surface area (Å²) in [5.41, 5.74) is 0.548. The van der Waals surface area contributed by atoms with Gasteiger partial charge in [-0.2, -0.15) is 0 Å². The molecule has 0 heterocycles. The first-order valence-electron chi connectivity index (χ1n) is 6.83. The standard InChI is InChI=1S/C17H16F2O/c18-14-9-4-8-13(15(14)19)16(20)17(10-5-11-17)12-6-2-1-3-7-12/h1-4,6-9,16,20H,5,10-11H2. The molecule has 1 fully saturated rings. The molecule has 3 rings (SSSR count). The zero-order valence-corrected chi connectivity index (χ0v) is 11.0. The van der Waals surface area contributed by atoms with Crippen molar-refractivity contribution in [3.8, 4) is 0 Å². The van der Waals surface area contributed by atoms with Crippen molar-refractivity contribution < 1.29 is 13.9 Å². The maximum absolute atomic E-state index is 13.9. The lowest BCUT2D eigenvalue weighted by molar-refractivity contribution is 0.0239. The largest absolute Gasteiger partial charge is 0.387 e. The highest BCUT2D eigenvalue weighted by Gasteiger charge is 2.46. The highest BCUT2D eigenvalue weighted by molar-refractivity contribution is 5.35. The van der Waals surface area contributed by atoms with Crippen LogP contribution in [0.4, 0.5) is 8.78 Å². The van der Waals surface area contributed by atoms with Gasteiger partial charge in [0.05, 0.1) is 6.10 Å². The van der Waals surface area contributed by atoms with Gasteiger partial charge in [0.2, 0.25) is 0 Å². The van der Waals surface area contributed by atoms with E-state index in [-0.39, 0.29) is 5.56 Å².